The molecule has 6 nitrogen and oxygen atoms in total. The molecule has 2 aliphatic rings. The Kier molecular flexibility index (Phi) is 4.49. The number of likely N-dealkylation sites (N-methyl/N-ethyl adjacent to an activating group) is 1. The predicted molar refractivity (Wildman–Crippen MR) is 101 cm³/mol. The highest BCUT2D eigenvalue weighted by molar-refractivity contribution is 5.92. The fraction of sp³-hybridized carbons (Fsp3) is 0.238. The van der Waals surface area contributed by atoms with Gasteiger partial charge in [0.2, 0.25) is 0 Å². The molecule has 0 spiro atoms. The molecule has 7 heteroatoms. The average molecular weight is 379 g/mol. The molecule has 0 aromatic heterocycles. The molecule has 1 unspecified atom stereocenters. The van der Waals surface area contributed by atoms with Crippen LogP contribution in [0.1, 0.15) is 18.1 Å². The number of nitrogens with zero attached hydrogens (tertiary/aromatic N) is 3. The number of hydrazine groups is 1. The maximum atomic E-state index is 14.2. The third kappa shape index (κ3) is 2.98. The van der Waals surface area contributed by atoms with E-state index in [4.69, 9.17) is 14.7 Å². The smallest absolute Gasteiger partial charge is 0.163 e. The lowest BCUT2D eigenvalue weighted by Crippen LogP contribution is -2.42. The first-order valence-electron chi connectivity index (χ1n) is 8.84. The summed E-state index contributed by atoms with van der Waals surface area (Å²) < 4.78 is 25.5. The van der Waals surface area contributed by atoms with Crippen molar-refractivity contribution in [2.45, 2.75) is 13.0 Å². The number of carbonyl (C=O) groups excluding carboxylic acids is 1. The molecule has 2 aliphatic heterocycles. The Morgan fingerprint density at radius 2 is 1.93 bits per heavy atom. The van der Waals surface area contributed by atoms with E-state index in [0.717, 1.165) is 5.69 Å². The standard InChI is InChI=1S/C21H18FN3O3/c1-13(26)18-11-19(14-3-4-15(12-23)17(22)9-14)25(24(18)2)16-5-6-20-21(10-16)28-8-7-27-20/h3-6,9-11,18H,7-8H2,1-2H3. The molecule has 0 saturated carbocycles. The van der Waals surface area contributed by atoms with Crippen molar-refractivity contribution >= 4 is 17.2 Å². The van der Waals surface area contributed by atoms with E-state index >= 15 is 0 Å². The van der Waals surface area contributed by atoms with Crippen LogP contribution < -0.4 is 14.5 Å². The van der Waals surface area contributed by atoms with Gasteiger partial charge in [-0.3, -0.25) is 9.80 Å². The van der Waals surface area contributed by atoms with Crippen molar-refractivity contribution in [2.24, 2.45) is 0 Å². The Labute approximate surface area is 162 Å². The number of Topliss-reactive ketones (excluding diaryl/α,β-unsaturated/α-hetero) is 1. The minimum Gasteiger partial charge on any atom is -0.486 e. The number of carbonyl (C=O) groups is 1. The second-order valence-corrected chi connectivity index (χ2v) is 6.63. The van der Waals surface area contributed by atoms with Crippen LogP contribution in [-0.4, -0.2) is 37.1 Å². The maximum absolute atomic E-state index is 14.2. The second-order valence-electron chi connectivity index (χ2n) is 6.63. The lowest BCUT2D eigenvalue weighted by molar-refractivity contribution is -0.119. The van der Waals surface area contributed by atoms with Crippen molar-refractivity contribution in [1.29, 1.82) is 5.26 Å². The van der Waals surface area contributed by atoms with Crippen molar-refractivity contribution in [3.63, 3.8) is 0 Å². The van der Waals surface area contributed by atoms with Crippen molar-refractivity contribution in [2.75, 3.05) is 25.3 Å². The molecular formula is C21H18FN3O3. The van der Waals surface area contributed by atoms with Gasteiger partial charge < -0.3 is 9.47 Å². The summed E-state index contributed by atoms with van der Waals surface area (Å²) in [6, 6.07) is 11.3. The van der Waals surface area contributed by atoms with E-state index in [1.807, 2.05) is 29.3 Å². The normalized spacial score (nSPS) is 18.6. The molecule has 0 N–H and O–H groups in total. The largest absolute Gasteiger partial charge is 0.486 e. The van der Waals surface area contributed by atoms with E-state index in [9.17, 15) is 9.18 Å². The Morgan fingerprint density at radius 1 is 1.18 bits per heavy atom. The van der Waals surface area contributed by atoms with Crippen molar-refractivity contribution in [3.05, 3.63) is 59.4 Å². The molecule has 28 heavy (non-hydrogen) atoms. The molecule has 2 heterocycles. The zero-order valence-corrected chi connectivity index (χ0v) is 15.5. The molecule has 0 amide bonds. The minimum atomic E-state index is -0.600. The number of anilines is 1. The summed E-state index contributed by atoms with van der Waals surface area (Å²) in [7, 11) is 1.80. The van der Waals surface area contributed by atoms with Gasteiger partial charge in [-0.25, -0.2) is 9.40 Å². The van der Waals surface area contributed by atoms with Gasteiger partial charge >= 0.3 is 0 Å². The molecule has 0 bridgehead atoms. The Morgan fingerprint density at radius 3 is 2.61 bits per heavy atom. The molecule has 0 saturated heterocycles. The summed E-state index contributed by atoms with van der Waals surface area (Å²) in [6.45, 7) is 2.48. The van der Waals surface area contributed by atoms with Gasteiger partial charge in [0.05, 0.1) is 16.9 Å². The average Bonchev–Trinajstić information content (AvgIpc) is 3.05. The summed E-state index contributed by atoms with van der Waals surface area (Å²) in [5, 5.41) is 12.6. The SMILES string of the molecule is CC(=O)C1C=C(c2ccc(C#N)c(F)c2)N(c2ccc3c(c2)OCCO3)N1C. The number of hydrogen-bond acceptors (Lipinski definition) is 6. The quantitative estimate of drug-likeness (QED) is 0.816. The Hall–Kier alpha value is -3.37. The van der Waals surface area contributed by atoms with E-state index in [1.54, 1.807) is 24.2 Å². The fourth-order valence-corrected chi connectivity index (χ4v) is 3.47. The number of rotatable bonds is 3. The highest BCUT2D eigenvalue weighted by Crippen LogP contribution is 2.40. The van der Waals surface area contributed by atoms with Gasteiger partial charge in [0, 0.05) is 18.7 Å². The third-order valence-electron chi connectivity index (χ3n) is 4.83. The van der Waals surface area contributed by atoms with Crippen LogP contribution in [-0.2, 0) is 4.79 Å². The summed E-state index contributed by atoms with van der Waals surface area (Å²) in [5.74, 6) is 0.648. The second kappa shape index (κ2) is 6.98. The summed E-state index contributed by atoms with van der Waals surface area (Å²) in [4.78, 5) is 12.1. The molecule has 0 radical (unpaired) electrons. The van der Waals surface area contributed by atoms with Crippen LogP contribution in [0.4, 0.5) is 10.1 Å². The predicted octanol–water partition coefficient (Wildman–Crippen LogP) is 3.13. The molecular weight excluding hydrogens is 361 g/mol. The van der Waals surface area contributed by atoms with E-state index in [2.05, 4.69) is 0 Å². The summed E-state index contributed by atoms with van der Waals surface area (Å²) in [6.07, 6.45) is 1.79. The molecule has 2 aromatic carbocycles. The van der Waals surface area contributed by atoms with Crippen LogP contribution in [0, 0.1) is 17.1 Å². The summed E-state index contributed by atoms with van der Waals surface area (Å²) >= 11 is 0. The summed E-state index contributed by atoms with van der Waals surface area (Å²) in [5.41, 5.74) is 1.96. The van der Waals surface area contributed by atoms with Gasteiger partial charge in [0.15, 0.2) is 17.3 Å². The highest BCUT2D eigenvalue weighted by atomic mass is 19.1. The lowest BCUT2D eigenvalue weighted by atomic mass is 10.1. The minimum absolute atomic E-state index is 0.0234. The van der Waals surface area contributed by atoms with Crippen LogP contribution in [0.2, 0.25) is 0 Å². The Balaban J connectivity index is 1.80. The van der Waals surface area contributed by atoms with Gasteiger partial charge in [0.25, 0.3) is 0 Å². The first-order chi connectivity index (χ1) is 13.5. The number of halogens is 1. The molecule has 0 fully saturated rings. The zero-order chi connectivity index (χ0) is 19.8. The number of fused-ring (bicyclic) bond motifs is 1. The highest BCUT2D eigenvalue weighted by Gasteiger charge is 2.34. The Bertz CT molecular complexity index is 1030. The van der Waals surface area contributed by atoms with Crippen LogP contribution >= 0.6 is 0 Å². The van der Waals surface area contributed by atoms with Gasteiger partial charge in [0.1, 0.15) is 31.1 Å². The fourth-order valence-electron chi connectivity index (χ4n) is 3.47. The van der Waals surface area contributed by atoms with E-state index in [0.29, 0.717) is 36.0 Å². The zero-order valence-electron chi connectivity index (χ0n) is 15.5. The van der Waals surface area contributed by atoms with Crippen molar-refractivity contribution < 1.29 is 18.7 Å². The van der Waals surface area contributed by atoms with Crippen molar-refractivity contribution in [1.82, 2.24) is 5.01 Å². The maximum Gasteiger partial charge on any atom is 0.163 e. The molecule has 4 rings (SSSR count). The molecule has 0 aliphatic carbocycles. The van der Waals surface area contributed by atoms with Gasteiger partial charge in [-0.05, 0) is 37.3 Å². The first-order valence-corrected chi connectivity index (χ1v) is 8.84. The van der Waals surface area contributed by atoms with Gasteiger partial charge in [-0.2, -0.15) is 5.26 Å². The lowest BCUT2D eigenvalue weighted by Gasteiger charge is -2.33. The van der Waals surface area contributed by atoms with Gasteiger partial charge in [-0.15, -0.1) is 0 Å². The number of ether oxygens (including phenoxy) is 2. The van der Waals surface area contributed by atoms with Gasteiger partial charge in [-0.1, -0.05) is 6.07 Å². The van der Waals surface area contributed by atoms with E-state index < -0.39 is 11.9 Å². The monoisotopic (exact) mass is 379 g/mol. The van der Waals surface area contributed by atoms with Crippen LogP contribution in [0.3, 0.4) is 0 Å². The third-order valence-corrected chi connectivity index (χ3v) is 4.83. The topological polar surface area (TPSA) is 65.8 Å². The number of ketones is 1. The molecule has 2 aromatic rings. The number of hydrogen-bond donors (Lipinski definition) is 0. The molecule has 142 valence electrons. The van der Waals surface area contributed by atoms with Crippen LogP contribution in [0.15, 0.2) is 42.5 Å². The number of benzene rings is 2. The van der Waals surface area contributed by atoms with Crippen molar-refractivity contribution in [3.8, 4) is 17.6 Å². The van der Waals surface area contributed by atoms with Crippen LogP contribution in [0.5, 0.6) is 11.5 Å². The van der Waals surface area contributed by atoms with Crippen LogP contribution in [0.25, 0.3) is 5.70 Å². The number of nitriles is 1. The first kappa shape index (κ1) is 18.0. The molecule has 1 atom stereocenters. The van der Waals surface area contributed by atoms with E-state index in [1.165, 1.54) is 19.1 Å². The van der Waals surface area contributed by atoms with E-state index in [-0.39, 0.29) is 11.3 Å².